The van der Waals surface area contributed by atoms with Crippen molar-refractivity contribution in [1.82, 2.24) is 9.97 Å². The molecule has 1 rings (SSSR count). The van der Waals surface area contributed by atoms with E-state index in [1.807, 2.05) is 6.20 Å². The van der Waals surface area contributed by atoms with E-state index in [1.165, 1.54) is 5.69 Å². The number of aryl methyl sites for hydroxylation is 2. The molecule has 3 N–H and O–H groups in total. The van der Waals surface area contributed by atoms with Crippen molar-refractivity contribution in [3.05, 3.63) is 17.7 Å². The summed E-state index contributed by atoms with van der Waals surface area (Å²) >= 11 is 0. The fourth-order valence-corrected chi connectivity index (χ4v) is 0.982. The van der Waals surface area contributed by atoms with E-state index in [9.17, 15) is 0 Å². The Labute approximate surface area is 67.0 Å². The van der Waals surface area contributed by atoms with Gasteiger partial charge in [0, 0.05) is 18.3 Å². The van der Waals surface area contributed by atoms with Crippen molar-refractivity contribution in [2.24, 2.45) is 5.73 Å². The molecule has 1 aromatic rings. The van der Waals surface area contributed by atoms with Gasteiger partial charge in [-0.05, 0) is 19.4 Å². The zero-order valence-corrected chi connectivity index (χ0v) is 6.93. The summed E-state index contributed by atoms with van der Waals surface area (Å²) < 4.78 is 0. The van der Waals surface area contributed by atoms with Crippen molar-refractivity contribution in [3.63, 3.8) is 0 Å². The summed E-state index contributed by atoms with van der Waals surface area (Å²) in [6.45, 7) is 2.85. The molecule has 3 nitrogen and oxygen atoms in total. The molecule has 0 aliphatic rings. The first-order chi connectivity index (χ1) is 5.36. The Morgan fingerprint density at radius 2 is 2.45 bits per heavy atom. The summed E-state index contributed by atoms with van der Waals surface area (Å²) in [6.07, 6.45) is 4.90. The maximum atomic E-state index is 5.37. The van der Waals surface area contributed by atoms with Crippen LogP contribution in [0.1, 0.15) is 24.9 Å². The third kappa shape index (κ3) is 2.35. The molecule has 0 spiro atoms. The molecule has 0 amide bonds. The molecule has 3 heteroatoms. The van der Waals surface area contributed by atoms with Gasteiger partial charge in [-0.25, -0.2) is 4.98 Å². The summed E-state index contributed by atoms with van der Waals surface area (Å²) in [5.74, 6) is 1.06. The Kier molecular flexibility index (Phi) is 3.11. The van der Waals surface area contributed by atoms with E-state index in [1.54, 1.807) is 0 Å². The summed E-state index contributed by atoms with van der Waals surface area (Å²) in [7, 11) is 0. The van der Waals surface area contributed by atoms with E-state index in [0.717, 1.165) is 31.6 Å². The lowest BCUT2D eigenvalue weighted by Gasteiger charge is -1.92. The van der Waals surface area contributed by atoms with Gasteiger partial charge in [0.05, 0.1) is 0 Å². The zero-order chi connectivity index (χ0) is 8.10. The Hall–Kier alpha value is -0.830. The fourth-order valence-electron chi connectivity index (χ4n) is 0.982. The highest BCUT2D eigenvalue weighted by Gasteiger charge is 1.96. The van der Waals surface area contributed by atoms with Crippen molar-refractivity contribution in [2.45, 2.75) is 26.2 Å². The Morgan fingerprint density at radius 1 is 1.64 bits per heavy atom. The molecule has 11 heavy (non-hydrogen) atoms. The lowest BCUT2D eigenvalue weighted by atomic mass is 10.3. The van der Waals surface area contributed by atoms with Crippen molar-refractivity contribution >= 4 is 0 Å². The molecular formula is C8H15N3. The molecule has 1 aromatic heterocycles. The second-order valence-electron chi connectivity index (χ2n) is 2.60. The van der Waals surface area contributed by atoms with Crippen LogP contribution in [-0.4, -0.2) is 16.5 Å². The van der Waals surface area contributed by atoms with E-state index in [2.05, 4.69) is 16.9 Å². The van der Waals surface area contributed by atoms with Crippen LogP contribution in [0, 0.1) is 0 Å². The van der Waals surface area contributed by atoms with Crippen LogP contribution >= 0.6 is 0 Å². The SMILES string of the molecule is CCc1cnc(CCCN)[nH]1. The number of hydrogen-bond donors (Lipinski definition) is 2. The minimum atomic E-state index is 0.738. The van der Waals surface area contributed by atoms with Crippen LogP contribution in [-0.2, 0) is 12.8 Å². The van der Waals surface area contributed by atoms with Gasteiger partial charge in [0.2, 0.25) is 0 Å². The van der Waals surface area contributed by atoms with Crippen LogP contribution in [0.5, 0.6) is 0 Å². The maximum absolute atomic E-state index is 5.37. The van der Waals surface area contributed by atoms with Crippen LogP contribution in [0.15, 0.2) is 6.20 Å². The summed E-state index contributed by atoms with van der Waals surface area (Å²) in [5.41, 5.74) is 6.58. The highest BCUT2D eigenvalue weighted by molar-refractivity contribution is 5.00. The second-order valence-corrected chi connectivity index (χ2v) is 2.60. The topological polar surface area (TPSA) is 54.7 Å². The standard InChI is InChI=1S/C8H15N3/c1-2-7-6-10-8(11-7)4-3-5-9/h6H,2-5,9H2,1H3,(H,10,11). The number of aromatic nitrogens is 2. The number of nitrogens with two attached hydrogens (primary N) is 1. The minimum Gasteiger partial charge on any atom is -0.346 e. The predicted molar refractivity (Wildman–Crippen MR) is 45.3 cm³/mol. The molecular weight excluding hydrogens is 138 g/mol. The molecule has 0 bridgehead atoms. The Bertz CT molecular complexity index is 205. The Balaban J connectivity index is 2.44. The first-order valence-corrected chi connectivity index (χ1v) is 4.09. The maximum Gasteiger partial charge on any atom is 0.106 e. The highest BCUT2D eigenvalue weighted by Crippen LogP contribution is 1.99. The summed E-state index contributed by atoms with van der Waals surface area (Å²) in [4.78, 5) is 7.44. The molecule has 0 radical (unpaired) electrons. The van der Waals surface area contributed by atoms with E-state index in [0.29, 0.717) is 0 Å². The molecule has 0 unspecified atom stereocenters. The fraction of sp³-hybridized carbons (Fsp3) is 0.625. The first kappa shape index (κ1) is 8.27. The third-order valence-electron chi connectivity index (χ3n) is 1.68. The molecule has 1 heterocycles. The van der Waals surface area contributed by atoms with Crippen LogP contribution in [0.3, 0.4) is 0 Å². The number of nitrogens with one attached hydrogen (secondary N) is 1. The lowest BCUT2D eigenvalue weighted by Crippen LogP contribution is -2.01. The van der Waals surface area contributed by atoms with Gasteiger partial charge in [0.1, 0.15) is 5.82 Å². The van der Waals surface area contributed by atoms with Gasteiger partial charge in [-0.3, -0.25) is 0 Å². The van der Waals surface area contributed by atoms with Crippen LogP contribution < -0.4 is 5.73 Å². The average molecular weight is 153 g/mol. The predicted octanol–water partition coefficient (Wildman–Crippen LogP) is 0.863. The minimum absolute atomic E-state index is 0.738. The first-order valence-electron chi connectivity index (χ1n) is 4.09. The van der Waals surface area contributed by atoms with Crippen molar-refractivity contribution < 1.29 is 0 Å². The molecule has 0 aromatic carbocycles. The Morgan fingerprint density at radius 3 is 3.00 bits per heavy atom. The monoisotopic (exact) mass is 153 g/mol. The van der Waals surface area contributed by atoms with Crippen LogP contribution in [0.2, 0.25) is 0 Å². The van der Waals surface area contributed by atoms with E-state index in [4.69, 9.17) is 5.73 Å². The van der Waals surface area contributed by atoms with Gasteiger partial charge in [-0.2, -0.15) is 0 Å². The molecule has 0 saturated carbocycles. The van der Waals surface area contributed by atoms with Gasteiger partial charge in [0.25, 0.3) is 0 Å². The number of aromatic amines is 1. The molecule has 0 fully saturated rings. The van der Waals surface area contributed by atoms with Gasteiger partial charge in [0.15, 0.2) is 0 Å². The molecule has 0 saturated heterocycles. The van der Waals surface area contributed by atoms with E-state index >= 15 is 0 Å². The van der Waals surface area contributed by atoms with Gasteiger partial charge in [-0.1, -0.05) is 6.92 Å². The van der Waals surface area contributed by atoms with Gasteiger partial charge < -0.3 is 10.7 Å². The second kappa shape index (κ2) is 4.13. The van der Waals surface area contributed by atoms with Gasteiger partial charge in [-0.15, -0.1) is 0 Å². The summed E-state index contributed by atoms with van der Waals surface area (Å²) in [5, 5.41) is 0. The lowest BCUT2D eigenvalue weighted by molar-refractivity contribution is 0.790. The van der Waals surface area contributed by atoms with Crippen molar-refractivity contribution in [3.8, 4) is 0 Å². The third-order valence-corrected chi connectivity index (χ3v) is 1.68. The smallest absolute Gasteiger partial charge is 0.106 e. The number of nitrogens with zero attached hydrogens (tertiary/aromatic N) is 1. The van der Waals surface area contributed by atoms with Crippen LogP contribution in [0.25, 0.3) is 0 Å². The normalized spacial score (nSPS) is 10.4. The number of H-pyrrole nitrogens is 1. The summed E-state index contributed by atoms with van der Waals surface area (Å²) in [6, 6.07) is 0. The van der Waals surface area contributed by atoms with E-state index < -0.39 is 0 Å². The molecule has 0 atom stereocenters. The largest absolute Gasteiger partial charge is 0.346 e. The van der Waals surface area contributed by atoms with Crippen molar-refractivity contribution in [2.75, 3.05) is 6.54 Å². The quantitative estimate of drug-likeness (QED) is 0.674. The molecule has 0 aliphatic carbocycles. The zero-order valence-electron chi connectivity index (χ0n) is 6.93. The van der Waals surface area contributed by atoms with Crippen molar-refractivity contribution in [1.29, 1.82) is 0 Å². The number of rotatable bonds is 4. The highest BCUT2D eigenvalue weighted by atomic mass is 14.9. The number of hydrogen-bond acceptors (Lipinski definition) is 2. The van der Waals surface area contributed by atoms with E-state index in [-0.39, 0.29) is 0 Å². The molecule has 62 valence electrons. The van der Waals surface area contributed by atoms with Gasteiger partial charge >= 0.3 is 0 Å². The average Bonchev–Trinajstić information content (AvgIpc) is 2.48. The van der Waals surface area contributed by atoms with Crippen LogP contribution in [0.4, 0.5) is 0 Å². The number of imidazole rings is 1. The molecule has 0 aliphatic heterocycles.